The van der Waals surface area contributed by atoms with E-state index >= 15 is 0 Å². The van der Waals surface area contributed by atoms with Crippen LogP contribution in [0.2, 0.25) is 0 Å². The Morgan fingerprint density at radius 3 is 1.45 bits per heavy atom. The Balaban J connectivity index is 1.35. The van der Waals surface area contributed by atoms with Gasteiger partial charge in [0.05, 0.1) is 37.6 Å². The van der Waals surface area contributed by atoms with Crippen molar-refractivity contribution in [3.05, 3.63) is 144 Å². The topological polar surface area (TPSA) is 47.9 Å². The molecule has 0 aliphatic carbocycles. The third-order valence-corrected chi connectivity index (χ3v) is 7.59. The number of rotatable bonds is 19. The monoisotopic (exact) mass is 566 g/mol. The first-order valence-electron chi connectivity index (χ1n) is 15.4. The molecular weight excluding hydrogens is 520 g/mol. The van der Waals surface area contributed by atoms with Crippen LogP contribution < -0.4 is 0 Å². The predicted octanol–water partition coefficient (Wildman–Crippen LogP) is 7.97. The van der Waals surface area contributed by atoms with Crippen molar-refractivity contribution in [3.63, 3.8) is 0 Å². The van der Waals surface area contributed by atoms with Crippen LogP contribution in [0, 0.1) is 0 Å². The highest BCUT2D eigenvalue weighted by atomic mass is 16.5. The number of ether oxygens (including phenoxy) is 3. The van der Waals surface area contributed by atoms with Crippen molar-refractivity contribution in [1.82, 2.24) is 0 Å². The second-order valence-electron chi connectivity index (χ2n) is 11.0. The zero-order chi connectivity index (χ0) is 29.2. The maximum atomic E-state index is 10.9. The van der Waals surface area contributed by atoms with E-state index in [-0.39, 0.29) is 18.3 Å². The first kappa shape index (κ1) is 31.7. The summed E-state index contributed by atoms with van der Waals surface area (Å²) in [5.74, 6) is 0. The van der Waals surface area contributed by atoms with E-state index in [1.807, 2.05) is 60.7 Å². The quantitative estimate of drug-likeness (QED) is 0.125. The third kappa shape index (κ3) is 11.9. The molecular formula is C38H46O4. The van der Waals surface area contributed by atoms with Gasteiger partial charge in [0.2, 0.25) is 0 Å². The average molecular weight is 567 g/mol. The smallest absolute Gasteiger partial charge is 0.0720 e. The predicted molar refractivity (Wildman–Crippen MR) is 170 cm³/mol. The Morgan fingerprint density at radius 1 is 0.500 bits per heavy atom. The summed E-state index contributed by atoms with van der Waals surface area (Å²) in [6, 6.07) is 41.2. The third-order valence-electron chi connectivity index (χ3n) is 7.59. The van der Waals surface area contributed by atoms with Gasteiger partial charge in [-0.15, -0.1) is 0 Å². The molecule has 4 heteroatoms. The van der Waals surface area contributed by atoms with Crippen LogP contribution >= 0.6 is 0 Å². The number of benzene rings is 4. The van der Waals surface area contributed by atoms with E-state index in [1.54, 1.807) is 0 Å². The lowest BCUT2D eigenvalue weighted by Crippen LogP contribution is -2.28. The van der Waals surface area contributed by atoms with Gasteiger partial charge in [-0.3, -0.25) is 0 Å². The summed E-state index contributed by atoms with van der Waals surface area (Å²) < 4.78 is 19.3. The van der Waals surface area contributed by atoms with Crippen LogP contribution in [0.1, 0.15) is 54.9 Å². The number of aliphatic hydroxyl groups excluding tert-OH is 1. The molecule has 0 bridgehead atoms. The molecule has 0 amide bonds. The van der Waals surface area contributed by atoms with Crippen LogP contribution in [0.3, 0.4) is 0 Å². The normalized spacial score (nSPS) is 14.2. The number of hydrogen-bond acceptors (Lipinski definition) is 4. The summed E-state index contributed by atoms with van der Waals surface area (Å²) in [5.41, 5.74) is 4.70. The van der Waals surface area contributed by atoms with Crippen molar-refractivity contribution in [2.24, 2.45) is 0 Å². The molecule has 4 unspecified atom stereocenters. The Hall–Kier alpha value is -3.28. The van der Waals surface area contributed by atoms with Crippen LogP contribution in [0.5, 0.6) is 0 Å². The van der Waals surface area contributed by atoms with E-state index < -0.39 is 6.10 Å². The molecule has 222 valence electrons. The molecule has 4 atom stereocenters. The maximum Gasteiger partial charge on any atom is 0.0720 e. The van der Waals surface area contributed by atoms with Gasteiger partial charge in [0.15, 0.2) is 0 Å². The molecule has 0 saturated heterocycles. The Morgan fingerprint density at radius 2 is 0.952 bits per heavy atom. The number of aliphatic hydroxyl groups is 1. The summed E-state index contributed by atoms with van der Waals surface area (Å²) in [7, 11) is 0. The molecule has 42 heavy (non-hydrogen) atoms. The maximum absolute atomic E-state index is 10.9. The van der Waals surface area contributed by atoms with Crippen LogP contribution in [0.4, 0.5) is 0 Å². The van der Waals surface area contributed by atoms with E-state index in [2.05, 4.69) is 67.6 Å². The van der Waals surface area contributed by atoms with Gasteiger partial charge in [-0.05, 0) is 54.4 Å². The molecule has 4 aromatic carbocycles. The lowest BCUT2D eigenvalue weighted by atomic mass is 10.0. The fraction of sp³-hybridized carbons (Fsp3) is 0.368. The molecule has 0 spiro atoms. The van der Waals surface area contributed by atoms with Crippen LogP contribution in [0.15, 0.2) is 121 Å². The Kier molecular flexibility index (Phi) is 13.8. The van der Waals surface area contributed by atoms with Gasteiger partial charge in [-0.1, -0.05) is 128 Å². The second kappa shape index (κ2) is 18.3. The average Bonchev–Trinajstić information content (AvgIpc) is 3.03. The number of hydrogen-bond donors (Lipinski definition) is 1. The van der Waals surface area contributed by atoms with Gasteiger partial charge in [0.1, 0.15) is 0 Å². The molecule has 0 fully saturated rings. The van der Waals surface area contributed by atoms with Crippen molar-refractivity contribution < 1.29 is 19.3 Å². The molecule has 0 radical (unpaired) electrons. The molecule has 4 rings (SSSR count). The van der Waals surface area contributed by atoms with Gasteiger partial charge in [0.25, 0.3) is 0 Å². The van der Waals surface area contributed by atoms with Gasteiger partial charge in [-0.2, -0.15) is 0 Å². The Labute approximate surface area is 252 Å². The molecule has 0 aliphatic rings. The minimum atomic E-state index is -0.482. The largest absolute Gasteiger partial charge is 0.393 e. The zero-order valence-electron chi connectivity index (χ0n) is 24.9. The molecule has 4 nitrogen and oxygen atoms in total. The van der Waals surface area contributed by atoms with Gasteiger partial charge in [0, 0.05) is 13.0 Å². The SMILES string of the molecule is CCC(CC(Cc1ccccc1)OCCC(CC(O)Cc1ccccc1)OCc1ccccc1)OCc1ccccc1. The highest BCUT2D eigenvalue weighted by Gasteiger charge is 2.20. The summed E-state index contributed by atoms with van der Waals surface area (Å²) in [4.78, 5) is 0. The Bertz CT molecular complexity index is 1220. The van der Waals surface area contributed by atoms with E-state index in [1.165, 1.54) is 11.1 Å². The highest BCUT2D eigenvalue weighted by molar-refractivity contribution is 5.17. The summed E-state index contributed by atoms with van der Waals surface area (Å²) in [5, 5.41) is 10.9. The summed E-state index contributed by atoms with van der Waals surface area (Å²) in [6.07, 6.45) is 4.01. The second-order valence-corrected chi connectivity index (χ2v) is 11.0. The highest BCUT2D eigenvalue weighted by Crippen LogP contribution is 2.19. The minimum Gasteiger partial charge on any atom is -0.393 e. The van der Waals surface area contributed by atoms with Gasteiger partial charge < -0.3 is 19.3 Å². The van der Waals surface area contributed by atoms with E-state index in [0.29, 0.717) is 39.1 Å². The van der Waals surface area contributed by atoms with Crippen LogP contribution in [-0.4, -0.2) is 36.1 Å². The van der Waals surface area contributed by atoms with E-state index in [0.717, 1.165) is 30.4 Å². The van der Waals surface area contributed by atoms with Crippen molar-refractivity contribution >= 4 is 0 Å². The van der Waals surface area contributed by atoms with Gasteiger partial charge in [-0.25, -0.2) is 0 Å². The molecule has 0 aliphatic heterocycles. The van der Waals surface area contributed by atoms with Crippen molar-refractivity contribution in [1.29, 1.82) is 0 Å². The first-order valence-corrected chi connectivity index (χ1v) is 15.4. The van der Waals surface area contributed by atoms with Crippen molar-refractivity contribution in [3.8, 4) is 0 Å². The lowest BCUT2D eigenvalue weighted by molar-refractivity contribution is -0.0477. The van der Waals surface area contributed by atoms with Gasteiger partial charge >= 0.3 is 0 Å². The van der Waals surface area contributed by atoms with Crippen LogP contribution in [-0.2, 0) is 40.3 Å². The summed E-state index contributed by atoms with van der Waals surface area (Å²) in [6.45, 7) is 3.86. The fourth-order valence-corrected chi connectivity index (χ4v) is 5.22. The molecule has 0 heterocycles. The van der Waals surface area contributed by atoms with Crippen LogP contribution in [0.25, 0.3) is 0 Å². The minimum absolute atomic E-state index is 0.0251. The first-order chi connectivity index (χ1) is 20.7. The zero-order valence-corrected chi connectivity index (χ0v) is 24.9. The standard InChI is InChI=1S/C38H46O4/c1-2-36(41-29-33-19-11-5-12-20-33)28-38(26-32-17-9-4-10-18-32)40-24-23-37(42-30-34-21-13-6-14-22-34)27-35(39)25-31-15-7-3-8-16-31/h3-22,35-39H,2,23-30H2,1H3. The van der Waals surface area contributed by atoms with E-state index in [4.69, 9.17) is 14.2 Å². The van der Waals surface area contributed by atoms with E-state index in [9.17, 15) is 5.11 Å². The fourth-order valence-electron chi connectivity index (χ4n) is 5.22. The lowest BCUT2D eigenvalue weighted by Gasteiger charge is -2.26. The van der Waals surface area contributed by atoms with Crippen molar-refractivity contribution in [2.45, 2.75) is 83.1 Å². The van der Waals surface area contributed by atoms with Crippen molar-refractivity contribution in [2.75, 3.05) is 6.61 Å². The molecule has 0 saturated carbocycles. The molecule has 0 aromatic heterocycles. The molecule has 1 N–H and O–H groups in total. The molecule has 4 aromatic rings. The summed E-state index contributed by atoms with van der Waals surface area (Å²) >= 11 is 0.